The highest BCUT2D eigenvalue weighted by Gasteiger charge is 2.44. The van der Waals surface area contributed by atoms with Crippen LogP contribution in [0.4, 0.5) is 0 Å². The minimum absolute atomic E-state index is 1.05. The van der Waals surface area contributed by atoms with Gasteiger partial charge in [-0.25, -0.2) is 0 Å². The van der Waals surface area contributed by atoms with Gasteiger partial charge in [-0.1, -0.05) is 6.92 Å². The third kappa shape index (κ3) is 1.71. The van der Waals surface area contributed by atoms with Gasteiger partial charge in [-0.15, -0.1) is 0 Å². The zero-order valence-corrected chi connectivity index (χ0v) is 9.30. The Morgan fingerprint density at radius 2 is 1.92 bits per heavy atom. The van der Waals surface area contributed by atoms with Gasteiger partial charge >= 0.3 is 8.72 Å². The van der Waals surface area contributed by atoms with E-state index in [2.05, 4.69) is 11.5 Å². The monoisotopic (exact) mass is 189 g/mol. The van der Waals surface area contributed by atoms with Crippen LogP contribution >= 0.6 is 0 Å². The van der Waals surface area contributed by atoms with Crippen LogP contribution in [0.15, 0.2) is 0 Å². The normalized spacial score (nSPS) is 24.2. The minimum atomic E-state index is -1.93. The Kier molecular flexibility index (Phi) is 3.70. The SMILES string of the molecule is CCN1CCCC[Si]1(OC)OC. The summed E-state index contributed by atoms with van der Waals surface area (Å²) in [6.07, 6.45) is 2.54. The summed E-state index contributed by atoms with van der Waals surface area (Å²) in [6.45, 7) is 4.36. The van der Waals surface area contributed by atoms with Crippen molar-refractivity contribution < 1.29 is 8.85 Å². The summed E-state index contributed by atoms with van der Waals surface area (Å²) >= 11 is 0. The average molecular weight is 189 g/mol. The van der Waals surface area contributed by atoms with Crippen LogP contribution in [0.1, 0.15) is 19.8 Å². The molecule has 0 unspecified atom stereocenters. The molecule has 0 bridgehead atoms. The van der Waals surface area contributed by atoms with E-state index in [0.717, 1.165) is 19.1 Å². The second kappa shape index (κ2) is 4.37. The number of rotatable bonds is 3. The average Bonchev–Trinajstić information content (AvgIpc) is 2.17. The van der Waals surface area contributed by atoms with Crippen LogP contribution in [0.3, 0.4) is 0 Å². The van der Waals surface area contributed by atoms with Gasteiger partial charge in [-0.2, -0.15) is 0 Å². The van der Waals surface area contributed by atoms with Crippen LogP contribution in [0.5, 0.6) is 0 Å². The molecule has 0 aromatic heterocycles. The van der Waals surface area contributed by atoms with Crippen molar-refractivity contribution in [3.8, 4) is 0 Å². The van der Waals surface area contributed by atoms with Crippen molar-refractivity contribution in [3.63, 3.8) is 0 Å². The maximum Gasteiger partial charge on any atom is 0.427 e. The lowest BCUT2D eigenvalue weighted by Gasteiger charge is -2.40. The van der Waals surface area contributed by atoms with E-state index in [0.29, 0.717) is 0 Å². The molecule has 0 atom stereocenters. The summed E-state index contributed by atoms with van der Waals surface area (Å²) in [5.74, 6) is 0. The van der Waals surface area contributed by atoms with E-state index in [1.165, 1.54) is 12.8 Å². The predicted molar refractivity (Wildman–Crippen MR) is 51.1 cm³/mol. The van der Waals surface area contributed by atoms with E-state index in [-0.39, 0.29) is 0 Å². The second-order valence-electron chi connectivity index (χ2n) is 3.16. The second-order valence-corrected chi connectivity index (χ2v) is 6.53. The van der Waals surface area contributed by atoms with Gasteiger partial charge < -0.3 is 8.85 Å². The first-order valence-corrected chi connectivity index (χ1v) is 6.61. The lowest BCUT2D eigenvalue weighted by atomic mass is 10.3. The van der Waals surface area contributed by atoms with Gasteiger partial charge in [0.2, 0.25) is 0 Å². The molecule has 1 fully saturated rings. The Hall–Kier alpha value is 0.0969. The Morgan fingerprint density at radius 1 is 1.25 bits per heavy atom. The van der Waals surface area contributed by atoms with E-state index in [9.17, 15) is 0 Å². The zero-order chi connectivity index (χ0) is 9.03. The maximum atomic E-state index is 5.57. The summed E-state index contributed by atoms with van der Waals surface area (Å²) in [5.41, 5.74) is 0. The van der Waals surface area contributed by atoms with Crippen molar-refractivity contribution >= 4 is 8.72 Å². The molecule has 0 aliphatic carbocycles. The van der Waals surface area contributed by atoms with E-state index >= 15 is 0 Å². The van der Waals surface area contributed by atoms with Gasteiger partial charge in [-0.05, 0) is 25.9 Å². The minimum Gasteiger partial charge on any atom is -0.386 e. The Morgan fingerprint density at radius 3 is 2.33 bits per heavy atom. The highest BCUT2D eigenvalue weighted by Crippen LogP contribution is 2.25. The molecule has 1 saturated heterocycles. The van der Waals surface area contributed by atoms with Crippen molar-refractivity contribution in [2.75, 3.05) is 27.3 Å². The summed E-state index contributed by atoms with van der Waals surface area (Å²) in [6, 6.07) is 1.12. The van der Waals surface area contributed by atoms with Crippen LogP contribution in [0, 0.1) is 0 Å². The quantitative estimate of drug-likeness (QED) is 0.625. The molecule has 4 heteroatoms. The molecular formula is C8H19NO2Si. The molecule has 0 N–H and O–H groups in total. The van der Waals surface area contributed by atoms with Gasteiger partial charge in [0.25, 0.3) is 0 Å². The highest BCUT2D eigenvalue weighted by atomic mass is 28.4. The molecule has 0 saturated carbocycles. The number of nitrogens with zero attached hydrogens (tertiary/aromatic N) is 1. The molecule has 1 aliphatic rings. The molecule has 0 radical (unpaired) electrons. The molecule has 1 rings (SSSR count). The van der Waals surface area contributed by atoms with Gasteiger partial charge in [0.1, 0.15) is 0 Å². The lowest BCUT2D eigenvalue weighted by Crippen LogP contribution is -2.59. The van der Waals surface area contributed by atoms with Crippen molar-refractivity contribution in [2.45, 2.75) is 25.8 Å². The topological polar surface area (TPSA) is 21.7 Å². The summed E-state index contributed by atoms with van der Waals surface area (Å²) in [7, 11) is 1.64. The van der Waals surface area contributed by atoms with Crippen LogP contribution < -0.4 is 0 Å². The Labute approximate surface area is 76.0 Å². The van der Waals surface area contributed by atoms with E-state index in [1.54, 1.807) is 14.2 Å². The molecule has 0 aromatic rings. The maximum absolute atomic E-state index is 5.57. The molecule has 0 aromatic carbocycles. The van der Waals surface area contributed by atoms with E-state index < -0.39 is 8.72 Å². The van der Waals surface area contributed by atoms with Crippen LogP contribution in [0.2, 0.25) is 6.04 Å². The first kappa shape index (κ1) is 10.2. The summed E-state index contributed by atoms with van der Waals surface area (Å²) in [5, 5.41) is 0. The fourth-order valence-corrected chi connectivity index (χ4v) is 5.01. The summed E-state index contributed by atoms with van der Waals surface area (Å²) in [4.78, 5) is 0. The zero-order valence-electron chi connectivity index (χ0n) is 8.30. The van der Waals surface area contributed by atoms with Gasteiger partial charge in [0.05, 0.1) is 0 Å². The molecule has 72 valence electrons. The third-order valence-corrected chi connectivity index (χ3v) is 6.44. The Bertz CT molecular complexity index is 139. The van der Waals surface area contributed by atoms with Crippen LogP contribution in [0.25, 0.3) is 0 Å². The molecule has 3 nitrogen and oxygen atoms in total. The van der Waals surface area contributed by atoms with Crippen molar-refractivity contribution in [3.05, 3.63) is 0 Å². The number of hydrogen-bond donors (Lipinski definition) is 0. The Balaban J connectivity index is 2.66. The van der Waals surface area contributed by atoms with Crippen molar-refractivity contribution in [1.82, 2.24) is 4.57 Å². The largest absolute Gasteiger partial charge is 0.427 e. The third-order valence-electron chi connectivity index (χ3n) is 2.67. The number of hydrogen-bond acceptors (Lipinski definition) is 3. The first-order chi connectivity index (χ1) is 5.79. The van der Waals surface area contributed by atoms with Crippen molar-refractivity contribution in [2.24, 2.45) is 0 Å². The van der Waals surface area contributed by atoms with Crippen molar-refractivity contribution in [1.29, 1.82) is 0 Å². The van der Waals surface area contributed by atoms with Crippen LogP contribution in [-0.2, 0) is 8.85 Å². The smallest absolute Gasteiger partial charge is 0.386 e. The molecular weight excluding hydrogens is 170 g/mol. The fraction of sp³-hybridized carbons (Fsp3) is 1.00. The fourth-order valence-electron chi connectivity index (χ4n) is 1.92. The molecule has 0 amide bonds. The molecule has 12 heavy (non-hydrogen) atoms. The van der Waals surface area contributed by atoms with Crippen LogP contribution in [-0.4, -0.2) is 40.6 Å². The highest BCUT2D eigenvalue weighted by molar-refractivity contribution is 6.64. The van der Waals surface area contributed by atoms with E-state index in [1.807, 2.05) is 0 Å². The van der Waals surface area contributed by atoms with Gasteiger partial charge in [-0.3, -0.25) is 4.57 Å². The summed E-state index contributed by atoms with van der Waals surface area (Å²) < 4.78 is 13.5. The van der Waals surface area contributed by atoms with Gasteiger partial charge in [0, 0.05) is 20.3 Å². The van der Waals surface area contributed by atoms with Gasteiger partial charge in [0.15, 0.2) is 0 Å². The molecule has 1 heterocycles. The first-order valence-electron chi connectivity index (χ1n) is 4.64. The lowest BCUT2D eigenvalue weighted by molar-refractivity contribution is 0.150. The molecule has 1 aliphatic heterocycles. The standard InChI is InChI=1S/C8H19NO2Si/c1-4-9-7-5-6-8-12(9,10-2)11-3/h4-8H2,1-3H3. The van der Waals surface area contributed by atoms with E-state index in [4.69, 9.17) is 8.85 Å². The predicted octanol–water partition coefficient (Wildman–Crippen LogP) is 1.33. The molecule has 0 spiro atoms.